The highest BCUT2D eigenvalue weighted by Crippen LogP contribution is 2.29. The van der Waals surface area contributed by atoms with Crippen LogP contribution in [0.4, 0.5) is 0 Å². The van der Waals surface area contributed by atoms with Gasteiger partial charge in [-0.15, -0.1) is 0 Å². The Kier molecular flexibility index (Phi) is 4.38. The van der Waals surface area contributed by atoms with Crippen LogP contribution in [0.1, 0.15) is 44.5 Å². The minimum Gasteiger partial charge on any atom is -0.364 e. The van der Waals surface area contributed by atoms with Crippen LogP contribution >= 0.6 is 0 Å². The fourth-order valence-corrected chi connectivity index (χ4v) is 2.16. The van der Waals surface area contributed by atoms with Crippen LogP contribution in [0, 0.1) is 5.41 Å². The Bertz CT molecular complexity index is 471. The second-order valence-corrected chi connectivity index (χ2v) is 6.10. The zero-order chi connectivity index (χ0) is 13.7. The van der Waals surface area contributed by atoms with Crippen molar-refractivity contribution in [2.24, 2.45) is 5.41 Å². The van der Waals surface area contributed by atoms with Crippen LogP contribution in [0.2, 0.25) is 0 Å². The second-order valence-electron chi connectivity index (χ2n) is 6.10. The number of nitrogens with zero attached hydrogens (tertiary/aromatic N) is 1. The molecule has 19 heavy (non-hydrogen) atoms. The highest BCUT2D eigenvalue weighted by Gasteiger charge is 2.20. The number of rotatable bonds is 5. The van der Waals surface area contributed by atoms with E-state index in [2.05, 4.69) is 61.6 Å². The third kappa shape index (κ3) is 4.52. The predicted octanol–water partition coefficient (Wildman–Crippen LogP) is 3.94. The Hall–Kier alpha value is -1.61. The van der Waals surface area contributed by atoms with Gasteiger partial charge in [0.05, 0.1) is 5.69 Å². The lowest BCUT2D eigenvalue weighted by atomic mass is 9.85. The number of nitrogens with one attached hydrogen (secondary N) is 1. The van der Waals surface area contributed by atoms with Crippen molar-refractivity contribution in [3.8, 4) is 0 Å². The van der Waals surface area contributed by atoms with E-state index in [0.717, 1.165) is 18.7 Å². The summed E-state index contributed by atoms with van der Waals surface area (Å²) in [4.78, 5) is 0. The smallest absolute Gasteiger partial charge is 0.124 e. The molecule has 0 spiro atoms. The van der Waals surface area contributed by atoms with Gasteiger partial charge in [0.15, 0.2) is 0 Å². The van der Waals surface area contributed by atoms with E-state index in [1.54, 1.807) is 6.26 Å². The quantitative estimate of drug-likeness (QED) is 0.882. The average molecular weight is 258 g/mol. The van der Waals surface area contributed by atoms with E-state index >= 15 is 0 Å². The zero-order valence-corrected chi connectivity index (χ0v) is 11.9. The Balaban J connectivity index is 2.06. The third-order valence-corrected chi connectivity index (χ3v) is 3.04. The maximum atomic E-state index is 4.86. The summed E-state index contributed by atoms with van der Waals surface area (Å²) < 4.78 is 4.86. The largest absolute Gasteiger partial charge is 0.364 e. The first-order chi connectivity index (χ1) is 9.04. The minimum absolute atomic E-state index is 0.275. The van der Waals surface area contributed by atoms with Gasteiger partial charge >= 0.3 is 0 Å². The first-order valence-corrected chi connectivity index (χ1v) is 6.72. The van der Waals surface area contributed by atoms with Crippen LogP contribution in [0.25, 0.3) is 0 Å². The summed E-state index contributed by atoms with van der Waals surface area (Å²) in [5, 5.41) is 7.51. The molecule has 1 aromatic carbocycles. The van der Waals surface area contributed by atoms with Gasteiger partial charge in [-0.1, -0.05) is 56.3 Å². The molecule has 102 valence electrons. The molecule has 1 heterocycles. The van der Waals surface area contributed by atoms with Crippen molar-refractivity contribution in [2.45, 2.75) is 39.8 Å². The molecule has 0 saturated heterocycles. The molecule has 0 aliphatic heterocycles. The summed E-state index contributed by atoms with van der Waals surface area (Å²) in [6.07, 6.45) is 2.69. The molecular weight excluding hydrogens is 236 g/mol. The lowest BCUT2D eigenvalue weighted by molar-refractivity contribution is 0.307. The minimum atomic E-state index is 0.275. The van der Waals surface area contributed by atoms with Crippen LogP contribution in [-0.2, 0) is 6.54 Å². The summed E-state index contributed by atoms with van der Waals surface area (Å²) in [5.41, 5.74) is 2.54. The second kappa shape index (κ2) is 6.02. The molecule has 2 aromatic rings. The van der Waals surface area contributed by atoms with Crippen LogP contribution in [0.5, 0.6) is 0 Å². The van der Waals surface area contributed by atoms with Gasteiger partial charge in [0.2, 0.25) is 0 Å². The van der Waals surface area contributed by atoms with Crippen LogP contribution < -0.4 is 5.32 Å². The lowest BCUT2D eigenvalue weighted by Crippen LogP contribution is -2.25. The number of hydrogen-bond acceptors (Lipinski definition) is 3. The fraction of sp³-hybridized carbons (Fsp3) is 0.438. The summed E-state index contributed by atoms with van der Waals surface area (Å²) in [7, 11) is 0. The van der Waals surface area contributed by atoms with Crippen molar-refractivity contribution in [1.29, 1.82) is 0 Å². The third-order valence-electron chi connectivity index (χ3n) is 3.04. The van der Waals surface area contributed by atoms with Gasteiger partial charge in [0, 0.05) is 18.7 Å². The van der Waals surface area contributed by atoms with Gasteiger partial charge in [0.25, 0.3) is 0 Å². The zero-order valence-electron chi connectivity index (χ0n) is 11.9. The van der Waals surface area contributed by atoms with E-state index in [1.165, 1.54) is 5.56 Å². The van der Waals surface area contributed by atoms with Crippen LogP contribution in [-0.4, -0.2) is 5.16 Å². The van der Waals surface area contributed by atoms with Gasteiger partial charge in [-0.25, -0.2) is 0 Å². The monoisotopic (exact) mass is 258 g/mol. The molecule has 0 saturated carbocycles. The lowest BCUT2D eigenvalue weighted by Gasteiger charge is -2.27. The Morgan fingerprint density at radius 2 is 1.89 bits per heavy atom. The van der Waals surface area contributed by atoms with Crippen molar-refractivity contribution in [2.75, 3.05) is 0 Å². The van der Waals surface area contributed by atoms with E-state index in [1.807, 2.05) is 6.07 Å². The molecule has 0 bridgehead atoms. The van der Waals surface area contributed by atoms with E-state index < -0.39 is 0 Å². The SMILES string of the molecule is CC(C)(C)CC(NCc1ccon1)c1ccccc1. The highest BCUT2D eigenvalue weighted by molar-refractivity contribution is 5.19. The summed E-state index contributed by atoms with van der Waals surface area (Å²) in [6, 6.07) is 12.8. The Labute approximate surface area is 115 Å². The summed E-state index contributed by atoms with van der Waals surface area (Å²) in [6.45, 7) is 7.52. The first kappa shape index (κ1) is 13.8. The van der Waals surface area contributed by atoms with Crippen molar-refractivity contribution in [1.82, 2.24) is 10.5 Å². The van der Waals surface area contributed by atoms with E-state index in [-0.39, 0.29) is 5.41 Å². The molecule has 1 atom stereocenters. The maximum absolute atomic E-state index is 4.86. The summed E-state index contributed by atoms with van der Waals surface area (Å²) >= 11 is 0. The Morgan fingerprint density at radius 1 is 1.16 bits per heavy atom. The topological polar surface area (TPSA) is 38.1 Å². The first-order valence-electron chi connectivity index (χ1n) is 6.72. The van der Waals surface area contributed by atoms with E-state index in [0.29, 0.717) is 6.04 Å². The number of aromatic nitrogens is 1. The standard InChI is InChI=1S/C16H22N2O/c1-16(2,3)11-15(13-7-5-4-6-8-13)17-12-14-9-10-19-18-14/h4-10,15,17H,11-12H2,1-3H3. The van der Waals surface area contributed by atoms with Crippen molar-refractivity contribution < 1.29 is 4.52 Å². The van der Waals surface area contributed by atoms with Crippen molar-refractivity contribution in [3.05, 3.63) is 53.9 Å². The maximum Gasteiger partial charge on any atom is 0.124 e. The molecule has 0 aliphatic rings. The van der Waals surface area contributed by atoms with E-state index in [4.69, 9.17) is 4.52 Å². The molecule has 0 aliphatic carbocycles. The van der Waals surface area contributed by atoms with Gasteiger partial charge < -0.3 is 9.84 Å². The van der Waals surface area contributed by atoms with E-state index in [9.17, 15) is 0 Å². The van der Waals surface area contributed by atoms with Gasteiger partial charge in [0.1, 0.15) is 6.26 Å². The average Bonchev–Trinajstić information content (AvgIpc) is 2.87. The molecule has 2 rings (SSSR count). The molecule has 1 aromatic heterocycles. The fourth-order valence-electron chi connectivity index (χ4n) is 2.16. The molecular formula is C16H22N2O. The highest BCUT2D eigenvalue weighted by atomic mass is 16.5. The Morgan fingerprint density at radius 3 is 2.47 bits per heavy atom. The molecule has 0 amide bonds. The molecule has 3 nitrogen and oxygen atoms in total. The van der Waals surface area contributed by atoms with Gasteiger partial charge in [-0.05, 0) is 17.4 Å². The normalized spacial score (nSPS) is 13.4. The number of benzene rings is 1. The molecule has 0 fully saturated rings. The number of hydrogen-bond donors (Lipinski definition) is 1. The van der Waals surface area contributed by atoms with Crippen molar-refractivity contribution >= 4 is 0 Å². The summed E-state index contributed by atoms with van der Waals surface area (Å²) in [5.74, 6) is 0. The molecule has 0 radical (unpaired) electrons. The van der Waals surface area contributed by atoms with Gasteiger partial charge in [-0.2, -0.15) is 0 Å². The molecule has 3 heteroatoms. The van der Waals surface area contributed by atoms with Crippen LogP contribution in [0.15, 0.2) is 47.2 Å². The van der Waals surface area contributed by atoms with Crippen LogP contribution in [0.3, 0.4) is 0 Å². The molecule has 1 unspecified atom stereocenters. The van der Waals surface area contributed by atoms with Gasteiger partial charge in [-0.3, -0.25) is 0 Å². The predicted molar refractivity (Wildman–Crippen MR) is 76.6 cm³/mol. The van der Waals surface area contributed by atoms with Crippen molar-refractivity contribution in [3.63, 3.8) is 0 Å². The molecule has 1 N–H and O–H groups in total.